The highest BCUT2D eigenvalue weighted by Gasteiger charge is 2.34. The van der Waals surface area contributed by atoms with Crippen LogP contribution in [0, 0.1) is 11.3 Å². The van der Waals surface area contributed by atoms with E-state index in [4.69, 9.17) is 16.0 Å². The lowest BCUT2D eigenvalue weighted by atomic mass is 9.89. The lowest BCUT2D eigenvalue weighted by Crippen LogP contribution is -2.33. The lowest BCUT2D eigenvalue weighted by Gasteiger charge is -2.29. The molecule has 1 aliphatic rings. The second-order valence-corrected chi connectivity index (χ2v) is 7.13. The number of nitriles is 1. The average molecular weight is 345 g/mol. The largest absolute Gasteiger partial charge is 0.383 e. The molecular weight excluding hydrogens is 330 g/mol. The molecule has 0 radical (unpaired) electrons. The fourth-order valence-electron chi connectivity index (χ4n) is 3.08. The number of fused-ring (bicyclic) bond motifs is 1. The summed E-state index contributed by atoms with van der Waals surface area (Å²) in [6, 6.07) is 11.9. The number of hydrogen-bond donors (Lipinski definition) is 1. The van der Waals surface area contributed by atoms with Crippen LogP contribution < -0.4 is 5.73 Å². The van der Waals surface area contributed by atoms with Gasteiger partial charge in [0.1, 0.15) is 12.2 Å². The van der Waals surface area contributed by atoms with E-state index in [0.717, 1.165) is 27.3 Å². The smallest absolute Gasteiger partial charge is 0.130 e. The fourth-order valence-corrected chi connectivity index (χ4v) is 4.11. The molecule has 0 fully saturated rings. The molecule has 5 nitrogen and oxygen atoms in total. The molecule has 6 heteroatoms. The third-order valence-corrected chi connectivity index (χ3v) is 5.59. The van der Waals surface area contributed by atoms with Crippen LogP contribution in [-0.2, 0) is 12.0 Å². The number of rotatable bonds is 2. The first kappa shape index (κ1) is 15.5. The first-order chi connectivity index (χ1) is 12.1. The van der Waals surface area contributed by atoms with Crippen molar-refractivity contribution in [3.63, 3.8) is 0 Å². The average Bonchev–Trinajstić information content (AvgIpc) is 3.13. The van der Waals surface area contributed by atoms with Crippen molar-refractivity contribution in [1.29, 1.82) is 5.26 Å². The Balaban J connectivity index is 1.73. The zero-order valence-electron chi connectivity index (χ0n) is 13.6. The number of hydrogen-bond acceptors (Lipinski definition) is 6. The van der Waals surface area contributed by atoms with E-state index < -0.39 is 5.54 Å². The molecule has 3 heterocycles. The van der Waals surface area contributed by atoms with Crippen LogP contribution in [0.5, 0.6) is 0 Å². The van der Waals surface area contributed by atoms with Gasteiger partial charge in [0.15, 0.2) is 0 Å². The Morgan fingerprint density at radius 3 is 3.00 bits per heavy atom. The molecule has 0 saturated carbocycles. The van der Waals surface area contributed by atoms with Crippen molar-refractivity contribution in [2.45, 2.75) is 18.9 Å². The number of nitrogens with two attached hydrogens (primary N) is 1. The molecule has 1 aliphatic heterocycles. The van der Waals surface area contributed by atoms with Crippen LogP contribution in [0.3, 0.4) is 0 Å². The van der Waals surface area contributed by atoms with E-state index >= 15 is 0 Å². The molecule has 25 heavy (non-hydrogen) atoms. The maximum atomic E-state index is 9.09. The SMILES string of the molecule is C[C@@]1(c2cc(-c3cccc(C#N)c3)cs2)Cc2ncncc2C(N)=N1. The van der Waals surface area contributed by atoms with Gasteiger partial charge in [-0.3, -0.25) is 4.99 Å². The van der Waals surface area contributed by atoms with E-state index in [0.29, 0.717) is 17.8 Å². The maximum Gasteiger partial charge on any atom is 0.130 e. The van der Waals surface area contributed by atoms with Gasteiger partial charge in [-0.15, -0.1) is 11.3 Å². The quantitative estimate of drug-likeness (QED) is 0.772. The predicted octanol–water partition coefficient (Wildman–Crippen LogP) is 3.25. The summed E-state index contributed by atoms with van der Waals surface area (Å²) in [7, 11) is 0. The Morgan fingerprint density at radius 1 is 1.28 bits per heavy atom. The Hall–Kier alpha value is -3.04. The van der Waals surface area contributed by atoms with Crippen LogP contribution >= 0.6 is 11.3 Å². The second-order valence-electron chi connectivity index (χ2n) is 6.22. The monoisotopic (exact) mass is 345 g/mol. The van der Waals surface area contributed by atoms with Crippen molar-refractivity contribution in [2.24, 2.45) is 10.7 Å². The summed E-state index contributed by atoms with van der Waals surface area (Å²) < 4.78 is 0. The van der Waals surface area contributed by atoms with Crippen LogP contribution in [0.1, 0.15) is 28.6 Å². The van der Waals surface area contributed by atoms with E-state index in [1.54, 1.807) is 29.9 Å². The second kappa shape index (κ2) is 5.80. The van der Waals surface area contributed by atoms with E-state index in [1.165, 1.54) is 0 Å². The minimum Gasteiger partial charge on any atom is -0.383 e. The van der Waals surface area contributed by atoms with Gasteiger partial charge in [0, 0.05) is 17.5 Å². The molecule has 3 aromatic rings. The molecular formula is C19H15N5S. The van der Waals surface area contributed by atoms with Gasteiger partial charge < -0.3 is 5.73 Å². The van der Waals surface area contributed by atoms with Gasteiger partial charge in [-0.2, -0.15) is 5.26 Å². The zero-order chi connectivity index (χ0) is 17.4. The maximum absolute atomic E-state index is 9.09. The van der Waals surface area contributed by atoms with Crippen LogP contribution in [0.25, 0.3) is 11.1 Å². The van der Waals surface area contributed by atoms with Crippen molar-refractivity contribution >= 4 is 17.2 Å². The normalized spacial score (nSPS) is 19.0. The number of nitrogens with zero attached hydrogens (tertiary/aromatic N) is 4. The fraction of sp³-hybridized carbons (Fsp3) is 0.158. The van der Waals surface area contributed by atoms with Gasteiger partial charge >= 0.3 is 0 Å². The summed E-state index contributed by atoms with van der Waals surface area (Å²) in [5.41, 5.74) is 10.2. The number of benzene rings is 1. The van der Waals surface area contributed by atoms with Crippen molar-refractivity contribution < 1.29 is 0 Å². The number of aromatic nitrogens is 2. The highest BCUT2D eigenvalue weighted by Crippen LogP contribution is 2.39. The summed E-state index contributed by atoms with van der Waals surface area (Å²) in [6.45, 7) is 2.08. The van der Waals surface area contributed by atoms with Gasteiger partial charge in [-0.25, -0.2) is 9.97 Å². The van der Waals surface area contributed by atoms with Gasteiger partial charge in [-0.1, -0.05) is 12.1 Å². The molecule has 1 atom stereocenters. The van der Waals surface area contributed by atoms with Gasteiger partial charge in [0.25, 0.3) is 0 Å². The molecule has 0 amide bonds. The lowest BCUT2D eigenvalue weighted by molar-refractivity contribution is 0.489. The third kappa shape index (κ3) is 2.69. The summed E-state index contributed by atoms with van der Waals surface area (Å²) in [6.07, 6.45) is 3.95. The molecule has 2 N–H and O–H groups in total. The van der Waals surface area contributed by atoms with Crippen LogP contribution in [-0.4, -0.2) is 15.8 Å². The van der Waals surface area contributed by atoms with Gasteiger partial charge in [0.05, 0.1) is 28.4 Å². The Labute approximate surface area is 149 Å². The number of amidine groups is 1. The van der Waals surface area contributed by atoms with E-state index in [9.17, 15) is 0 Å². The molecule has 4 rings (SSSR count). The topological polar surface area (TPSA) is 88.0 Å². The standard InChI is InChI=1S/C19H15N5S/c1-19(7-16-15(18(21)24-19)9-22-11-23-16)17-6-14(10-25-17)13-4-2-3-12(5-13)8-20/h2-6,9-11H,7H2,1H3,(H2,21,24)/t19-/m0/s1. The molecule has 0 bridgehead atoms. The molecule has 1 aromatic carbocycles. The Bertz CT molecular complexity index is 1030. The summed E-state index contributed by atoms with van der Waals surface area (Å²) in [5.74, 6) is 0.478. The van der Waals surface area contributed by atoms with Crippen molar-refractivity contribution in [3.05, 3.63) is 69.9 Å². The van der Waals surface area contributed by atoms with Gasteiger partial charge in [-0.05, 0) is 41.6 Å². The minimum absolute atomic E-state index is 0.443. The van der Waals surface area contributed by atoms with E-state index in [1.807, 2.05) is 18.2 Å². The molecule has 122 valence electrons. The van der Waals surface area contributed by atoms with Crippen molar-refractivity contribution in [3.8, 4) is 17.2 Å². The molecule has 0 saturated heterocycles. The summed E-state index contributed by atoms with van der Waals surface area (Å²) in [4.78, 5) is 14.3. The first-order valence-corrected chi connectivity index (χ1v) is 8.71. The Morgan fingerprint density at radius 2 is 2.16 bits per heavy atom. The van der Waals surface area contributed by atoms with Crippen LogP contribution in [0.15, 0.2) is 53.2 Å². The molecule has 0 unspecified atom stereocenters. The highest BCUT2D eigenvalue weighted by molar-refractivity contribution is 7.10. The molecule has 0 aliphatic carbocycles. The highest BCUT2D eigenvalue weighted by atomic mass is 32.1. The number of thiophene rings is 1. The minimum atomic E-state index is -0.443. The van der Waals surface area contributed by atoms with Crippen molar-refractivity contribution in [2.75, 3.05) is 0 Å². The van der Waals surface area contributed by atoms with E-state index in [-0.39, 0.29) is 0 Å². The predicted molar refractivity (Wildman–Crippen MR) is 98.3 cm³/mol. The molecule has 0 spiro atoms. The number of aliphatic imine (C=N–C) groups is 1. The van der Waals surface area contributed by atoms with Crippen LogP contribution in [0.2, 0.25) is 0 Å². The third-order valence-electron chi connectivity index (χ3n) is 4.40. The van der Waals surface area contributed by atoms with Crippen molar-refractivity contribution in [1.82, 2.24) is 9.97 Å². The van der Waals surface area contributed by atoms with E-state index in [2.05, 4.69) is 34.4 Å². The summed E-state index contributed by atoms with van der Waals surface area (Å²) in [5, 5.41) is 11.2. The summed E-state index contributed by atoms with van der Waals surface area (Å²) >= 11 is 1.65. The van der Waals surface area contributed by atoms with Crippen LogP contribution in [0.4, 0.5) is 0 Å². The van der Waals surface area contributed by atoms with Gasteiger partial charge in [0.2, 0.25) is 0 Å². The Kier molecular flexibility index (Phi) is 3.59. The molecule has 2 aromatic heterocycles. The first-order valence-electron chi connectivity index (χ1n) is 7.83. The zero-order valence-corrected chi connectivity index (χ0v) is 14.4.